The third-order valence-corrected chi connectivity index (χ3v) is 5.01. The maximum absolute atomic E-state index is 13.0. The molecule has 1 unspecified atom stereocenters. The monoisotopic (exact) mass is 281 g/mol. The molecule has 0 aromatic carbocycles. The second-order valence-electron chi connectivity index (χ2n) is 6.49. The normalized spacial score (nSPS) is 35.3. The minimum atomic E-state index is -0.744. The summed E-state index contributed by atoms with van der Waals surface area (Å²) in [7, 11) is 0. The van der Waals surface area contributed by atoms with E-state index in [1.165, 1.54) is 12.8 Å². The largest absolute Gasteiger partial charge is 0.409 e. The van der Waals surface area contributed by atoms with E-state index in [4.69, 9.17) is 10.9 Å². The van der Waals surface area contributed by atoms with Crippen molar-refractivity contribution in [1.29, 1.82) is 0 Å². The molecule has 1 aliphatic carbocycles. The lowest BCUT2D eigenvalue weighted by Gasteiger charge is -2.47. The summed E-state index contributed by atoms with van der Waals surface area (Å²) in [6, 6.07) is 0.310. The van der Waals surface area contributed by atoms with Crippen LogP contribution in [0.25, 0.3) is 0 Å². The zero-order valence-electron chi connectivity index (χ0n) is 12.6. The van der Waals surface area contributed by atoms with Crippen molar-refractivity contribution in [1.82, 2.24) is 4.90 Å². The summed E-state index contributed by atoms with van der Waals surface area (Å²) in [6.07, 6.45) is 6.90. The van der Waals surface area contributed by atoms with Crippen LogP contribution in [0.3, 0.4) is 0 Å². The first-order chi connectivity index (χ1) is 9.55. The van der Waals surface area contributed by atoms with Gasteiger partial charge in [0.05, 0.1) is 0 Å². The fourth-order valence-corrected chi connectivity index (χ4v) is 3.86. The van der Waals surface area contributed by atoms with Crippen LogP contribution in [0.15, 0.2) is 5.16 Å². The number of amides is 1. The average molecular weight is 281 g/mol. The number of likely N-dealkylation sites (tertiary alicyclic amines) is 1. The average Bonchev–Trinajstić information content (AvgIpc) is 2.66. The van der Waals surface area contributed by atoms with Crippen LogP contribution < -0.4 is 5.73 Å². The molecule has 0 radical (unpaired) electrons. The Balaban J connectivity index is 2.22. The topological polar surface area (TPSA) is 78.9 Å². The Morgan fingerprint density at radius 2 is 2.10 bits per heavy atom. The molecule has 1 amide bonds. The lowest BCUT2D eigenvalue weighted by Crippen LogP contribution is -2.59. The standard InChI is InChI=1S/C15H27N3O2/c1-3-12-7-5-4-6-8-18(12)14(19)15(13(16)17-20)9-11(2)10-15/h11-12,20H,3-10H2,1-2H3,(H2,16,17). The zero-order valence-corrected chi connectivity index (χ0v) is 12.6. The van der Waals surface area contributed by atoms with E-state index in [2.05, 4.69) is 19.0 Å². The first-order valence-electron chi connectivity index (χ1n) is 7.84. The molecular formula is C15H27N3O2. The molecular weight excluding hydrogens is 254 g/mol. The SMILES string of the molecule is CCC1CCCCCN1C(=O)C1(C(N)=NO)CC(C)C1. The highest BCUT2D eigenvalue weighted by atomic mass is 16.4. The van der Waals surface area contributed by atoms with E-state index >= 15 is 0 Å². The van der Waals surface area contributed by atoms with Gasteiger partial charge in [0.1, 0.15) is 5.41 Å². The molecule has 3 N–H and O–H groups in total. The van der Waals surface area contributed by atoms with Crippen LogP contribution in [-0.4, -0.2) is 34.4 Å². The zero-order chi connectivity index (χ0) is 14.8. The molecule has 1 heterocycles. The summed E-state index contributed by atoms with van der Waals surface area (Å²) >= 11 is 0. The van der Waals surface area contributed by atoms with E-state index in [0.717, 1.165) is 25.8 Å². The predicted octanol–water partition coefficient (Wildman–Crippen LogP) is 2.33. The van der Waals surface area contributed by atoms with Crippen LogP contribution in [0.2, 0.25) is 0 Å². The molecule has 114 valence electrons. The maximum atomic E-state index is 13.0. The van der Waals surface area contributed by atoms with Crippen LogP contribution in [0, 0.1) is 11.3 Å². The van der Waals surface area contributed by atoms with Crippen LogP contribution in [0.4, 0.5) is 0 Å². The molecule has 2 fully saturated rings. The Morgan fingerprint density at radius 3 is 2.65 bits per heavy atom. The predicted molar refractivity (Wildman–Crippen MR) is 78.5 cm³/mol. The summed E-state index contributed by atoms with van der Waals surface area (Å²) in [6.45, 7) is 5.05. The fraction of sp³-hybridized carbons (Fsp3) is 0.867. The van der Waals surface area contributed by atoms with Gasteiger partial charge in [-0.3, -0.25) is 4.79 Å². The van der Waals surface area contributed by atoms with Crippen molar-refractivity contribution in [2.24, 2.45) is 22.2 Å². The second kappa shape index (κ2) is 6.02. The highest BCUT2D eigenvalue weighted by Gasteiger charge is 2.54. The van der Waals surface area contributed by atoms with E-state index in [0.29, 0.717) is 24.8 Å². The number of oxime groups is 1. The number of hydrogen-bond donors (Lipinski definition) is 2. The van der Waals surface area contributed by atoms with Crippen molar-refractivity contribution in [2.45, 2.75) is 64.8 Å². The van der Waals surface area contributed by atoms with Crippen LogP contribution in [-0.2, 0) is 4.79 Å². The highest BCUT2D eigenvalue weighted by Crippen LogP contribution is 2.47. The van der Waals surface area contributed by atoms with Crippen LogP contribution >= 0.6 is 0 Å². The van der Waals surface area contributed by atoms with E-state index in [1.54, 1.807) is 0 Å². The molecule has 1 saturated carbocycles. The van der Waals surface area contributed by atoms with Crippen LogP contribution in [0.5, 0.6) is 0 Å². The van der Waals surface area contributed by atoms with Crippen molar-refractivity contribution < 1.29 is 10.0 Å². The van der Waals surface area contributed by atoms with Gasteiger partial charge in [-0.2, -0.15) is 0 Å². The maximum Gasteiger partial charge on any atom is 0.236 e. The number of rotatable bonds is 3. The van der Waals surface area contributed by atoms with E-state index in [9.17, 15) is 4.79 Å². The minimum Gasteiger partial charge on any atom is -0.409 e. The van der Waals surface area contributed by atoms with Gasteiger partial charge in [-0.1, -0.05) is 31.8 Å². The van der Waals surface area contributed by atoms with Gasteiger partial charge < -0.3 is 15.8 Å². The van der Waals surface area contributed by atoms with Gasteiger partial charge in [0.25, 0.3) is 0 Å². The number of nitrogens with two attached hydrogens (primary N) is 1. The Bertz CT molecular complexity index is 389. The van der Waals surface area contributed by atoms with Gasteiger partial charge in [0, 0.05) is 12.6 Å². The smallest absolute Gasteiger partial charge is 0.236 e. The molecule has 0 bridgehead atoms. The van der Waals surface area contributed by atoms with Crippen LogP contribution in [0.1, 0.15) is 58.8 Å². The van der Waals surface area contributed by atoms with Gasteiger partial charge >= 0.3 is 0 Å². The summed E-state index contributed by atoms with van der Waals surface area (Å²) in [4.78, 5) is 15.0. The molecule has 1 aliphatic heterocycles. The van der Waals surface area contributed by atoms with Crippen molar-refractivity contribution in [3.05, 3.63) is 0 Å². The molecule has 0 spiro atoms. The van der Waals surface area contributed by atoms with Gasteiger partial charge in [0.15, 0.2) is 5.84 Å². The van der Waals surface area contributed by atoms with Crippen molar-refractivity contribution in [3.63, 3.8) is 0 Å². The van der Waals surface area contributed by atoms with E-state index < -0.39 is 5.41 Å². The number of amidine groups is 1. The van der Waals surface area contributed by atoms with Crippen molar-refractivity contribution in [2.75, 3.05) is 6.54 Å². The summed E-state index contributed by atoms with van der Waals surface area (Å²) < 4.78 is 0. The lowest BCUT2D eigenvalue weighted by atomic mass is 9.61. The summed E-state index contributed by atoms with van der Waals surface area (Å²) in [5.74, 6) is 0.644. The molecule has 2 aliphatic rings. The lowest BCUT2D eigenvalue weighted by molar-refractivity contribution is -0.147. The van der Waals surface area contributed by atoms with E-state index in [-0.39, 0.29) is 11.7 Å². The van der Waals surface area contributed by atoms with Gasteiger partial charge in [-0.15, -0.1) is 0 Å². The minimum absolute atomic E-state index is 0.0830. The number of nitrogens with zero attached hydrogens (tertiary/aromatic N) is 2. The molecule has 5 heteroatoms. The second-order valence-corrected chi connectivity index (χ2v) is 6.49. The van der Waals surface area contributed by atoms with Gasteiger partial charge in [-0.25, -0.2) is 0 Å². The Kier molecular flexibility index (Phi) is 4.55. The fourth-order valence-electron chi connectivity index (χ4n) is 3.86. The first-order valence-corrected chi connectivity index (χ1v) is 7.84. The molecule has 0 aromatic rings. The number of carbonyl (C=O) groups excluding carboxylic acids is 1. The quantitative estimate of drug-likeness (QED) is 0.361. The number of hydrogen-bond acceptors (Lipinski definition) is 3. The summed E-state index contributed by atoms with van der Waals surface area (Å²) in [5.41, 5.74) is 5.12. The molecule has 1 atom stereocenters. The van der Waals surface area contributed by atoms with Crippen molar-refractivity contribution >= 4 is 11.7 Å². The first kappa shape index (κ1) is 15.1. The third-order valence-electron chi connectivity index (χ3n) is 5.01. The van der Waals surface area contributed by atoms with E-state index in [1.807, 2.05) is 4.90 Å². The Labute approximate surface area is 121 Å². The molecule has 1 saturated heterocycles. The highest BCUT2D eigenvalue weighted by molar-refractivity contribution is 6.07. The van der Waals surface area contributed by atoms with Gasteiger partial charge in [0.2, 0.25) is 5.91 Å². The molecule has 0 aromatic heterocycles. The number of carbonyl (C=O) groups is 1. The van der Waals surface area contributed by atoms with Crippen molar-refractivity contribution in [3.8, 4) is 0 Å². The summed E-state index contributed by atoms with van der Waals surface area (Å²) in [5, 5.41) is 12.2. The Morgan fingerprint density at radius 1 is 1.40 bits per heavy atom. The van der Waals surface area contributed by atoms with Gasteiger partial charge in [-0.05, 0) is 38.0 Å². The third kappa shape index (κ3) is 2.50. The molecule has 5 nitrogen and oxygen atoms in total. The molecule has 20 heavy (non-hydrogen) atoms. The molecule has 2 rings (SSSR count). The Hall–Kier alpha value is -1.26.